The lowest BCUT2D eigenvalue weighted by atomic mass is 10.2. The quantitative estimate of drug-likeness (QED) is 0.876. The molecule has 0 amide bonds. The number of hydrogen-bond donors (Lipinski definition) is 1. The fourth-order valence-corrected chi connectivity index (χ4v) is 2.22. The van der Waals surface area contributed by atoms with Crippen molar-refractivity contribution in [3.63, 3.8) is 0 Å². The summed E-state index contributed by atoms with van der Waals surface area (Å²) in [6.45, 7) is 13.0. The van der Waals surface area contributed by atoms with Gasteiger partial charge in [-0.2, -0.15) is 0 Å². The Labute approximate surface area is 116 Å². The molecule has 1 N–H and O–H groups in total. The Morgan fingerprint density at radius 3 is 2.58 bits per heavy atom. The van der Waals surface area contributed by atoms with Crippen molar-refractivity contribution in [2.45, 2.75) is 20.8 Å². The SMILES string of the molecule is CCN1CCN(c2cc(NCC(C)C)ncn2)CC1. The summed E-state index contributed by atoms with van der Waals surface area (Å²) >= 11 is 0. The van der Waals surface area contributed by atoms with Crippen LogP contribution in [0.4, 0.5) is 11.6 Å². The van der Waals surface area contributed by atoms with E-state index in [2.05, 4.69) is 51.9 Å². The predicted molar refractivity (Wildman–Crippen MR) is 79.7 cm³/mol. The van der Waals surface area contributed by atoms with E-state index in [1.165, 1.54) is 0 Å². The van der Waals surface area contributed by atoms with Crippen LogP contribution in [0, 0.1) is 5.92 Å². The van der Waals surface area contributed by atoms with E-state index in [0.29, 0.717) is 5.92 Å². The molecule has 1 aliphatic rings. The lowest BCUT2D eigenvalue weighted by Crippen LogP contribution is -2.46. The fraction of sp³-hybridized carbons (Fsp3) is 0.714. The van der Waals surface area contributed by atoms with Crippen LogP contribution in [-0.2, 0) is 0 Å². The van der Waals surface area contributed by atoms with Crippen molar-refractivity contribution >= 4 is 11.6 Å². The molecule has 1 aliphatic heterocycles. The molecule has 1 saturated heterocycles. The van der Waals surface area contributed by atoms with E-state index < -0.39 is 0 Å². The van der Waals surface area contributed by atoms with Gasteiger partial charge in [0.2, 0.25) is 0 Å². The Kier molecular flexibility index (Phi) is 4.96. The molecule has 0 radical (unpaired) electrons. The number of hydrogen-bond acceptors (Lipinski definition) is 5. The molecular formula is C14H25N5. The molecule has 5 heteroatoms. The first-order chi connectivity index (χ1) is 9.19. The molecule has 0 aliphatic carbocycles. The van der Waals surface area contributed by atoms with Crippen LogP contribution in [0.25, 0.3) is 0 Å². The van der Waals surface area contributed by atoms with Gasteiger partial charge in [0.1, 0.15) is 18.0 Å². The molecule has 2 heterocycles. The highest BCUT2D eigenvalue weighted by Crippen LogP contribution is 2.16. The molecule has 0 saturated carbocycles. The van der Waals surface area contributed by atoms with E-state index >= 15 is 0 Å². The van der Waals surface area contributed by atoms with Gasteiger partial charge in [-0.25, -0.2) is 9.97 Å². The second-order valence-corrected chi connectivity index (χ2v) is 5.46. The molecule has 2 rings (SSSR count). The second kappa shape index (κ2) is 6.70. The Balaban J connectivity index is 1.95. The number of rotatable bonds is 5. The Morgan fingerprint density at radius 2 is 1.95 bits per heavy atom. The van der Waals surface area contributed by atoms with Crippen molar-refractivity contribution in [1.29, 1.82) is 0 Å². The minimum absolute atomic E-state index is 0.617. The third kappa shape index (κ3) is 4.06. The first kappa shape index (κ1) is 14.1. The highest BCUT2D eigenvalue weighted by atomic mass is 15.3. The van der Waals surface area contributed by atoms with Crippen molar-refractivity contribution in [1.82, 2.24) is 14.9 Å². The smallest absolute Gasteiger partial charge is 0.134 e. The average Bonchev–Trinajstić information content (AvgIpc) is 2.45. The number of nitrogens with zero attached hydrogens (tertiary/aromatic N) is 4. The summed E-state index contributed by atoms with van der Waals surface area (Å²) in [5.41, 5.74) is 0. The minimum atomic E-state index is 0.617. The Hall–Kier alpha value is -1.36. The van der Waals surface area contributed by atoms with Gasteiger partial charge in [-0.05, 0) is 12.5 Å². The predicted octanol–water partition coefficient (Wildman–Crippen LogP) is 1.69. The van der Waals surface area contributed by atoms with E-state index in [-0.39, 0.29) is 0 Å². The summed E-state index contributed by atoms with van der Waals surface area (Å²) in [6, 6.07) is 2.06. The van der Waals surface area contributed by atoms with Gasteiger partial charge in [0.05, 0.1) is 0 Å². The van der Waals surface area contributed by atoms with Crippen molar-refractivity contribution in [3.8, 4) is 0 Å². The average molecular weight is 263 g/mol. The number of piperazine rings is 1. The summed E-state index contributed by atoms with van der Waals surface area (Å²) in [7, 11) is 0. The largest absolute Gasteiger partial charge is 0.370 e. The van der Waals surface area contributed by atoms with Crippen LogP contribution < -0.4 is 10.2 Å². The first-order valence-electron chi connectivity index (χ1n) is 7.22. The molecule has 19 heavy (non-hydrogen) atoms. The zero-order chi connectivity index (χ0) is 13.7. The van der Waals surface area contributed by atoms with Crippen molar-refractivity contribution in [2.24, 2.45) is 5.92 Å². The highest BCUT2D eigenvalue weighted by molar-refractivity contribution is 5.48. The standard InChI is InChI=1S/C14H25N5/c1-4-18-5-7-19(8-6-18)14-9-13(16-11-17-14)15-10-12(2)3/h9,11-12H,4-8,10H2,1-3H3,(H,15,16,17). The van der Waals surface area contributed by atoms with Gasteiger partial charge in [0.25, 0.3) is 0 Å². The van der Waals surface area contributed by atoms with Crippen molar-refractivity contribution in [3.05, 3.63) is 12.4 Å². The molecule has 1 fully saturated rings. The lowest BCUT2D eigenvalue weighted by Gasteiger charge is -2.34. The first-order valence-corrected chi connectivity index (χ1v) is 7.22. The van der Waals surface area contributed by atoms with Gasteiger partial charge >= 0.3 is 0 Å². The lowest BCUT2D eigenvalue weighted by molar-refractivity contribution is 0.270. The van der Waals surface area contributed by atoms with E-state index in [9.17, 15) is 0 Å². The number of likely N-dealkylation sites (N-methyl/N-ethyl adjacent to an activating group) is 1. The van der Waals surface area contributed by atoms with E-state index in [4.69, 9.17) is 0 Å². The van der Waals surface area contributed by atoms with Crippen LogP contribution in [0.5, 0.6) is 0 Å². The van der Waals surface area contributed by atoms with Crippen LogP contribution in [0.2, 0.25) is 0 Å². The molecule has 0 atom stereocenters. The molecule has 0 spiro atoms. The molecule has 0 unspecified atom stereocenters. The molecule has 1 aromatic rings. The van der Waals surface area contributed by atoms with Gasteiger partial charge in [0.15, 0.2) is 0 Å². The maximum Gasteiger partial charge on any atom is 0.134 e. The second-order valence-electron chi connectivity index (χ2n) is 5.46. The maximum atomic E-state index is 4.40. The van der Waals surface area contributed by atoms with Crippen LogP contribution >= 0.6 is 0 Å². The summed E-state index contributed by atoms with van der Waals surface area (Å²) in [5.74, 6) is 2.58. The van der Waals surface area contributed by atoms with Gasteiger partial charge in [-0.15, -0.1) is 0 Å². The fourth-order valence-electron chi connectivity index (χ4n) is 2.22. The minimum Gasteiger partial charge on any atom is -0.370 e. The van der Waals surface area contributed by atoms with Gasteiger partial charge in [-0.3, -0.25) is 0 Å². The van der Waals surface area contributed by atoms with Crippen LogP contribution in [0.3, 0.4) is 0 Å². The van der Waals surface area contributed by atoms with E-state index in [1.807, 2.05) is 0 Å². The summed E-state index contributed by atoms with van der Waals surface area (Å²) < 4.78 is 0. The third-order valence-corrected chi connectivity index (χ3v) is 3.49. The monoisotopic (exact) mass is 263 g/mol. The van der Waals surface area contributed by atoms with E-state index in [0.717, 1.165) is 50.9 Å². The van der Waals surface area contributed by atoms with E-state index in [1.54, 1.807) is 6.33 Å². The Morgan fingerprint density at radius 1 is 1.21 bits per heavy atom. The van der Waals surface area contributed by atoms with Crippen LogP contribution in [0.15, 0.2) is 12.4 Å². The summed E-state index contributed by atoms with van der Waals surface area (Å²) in [4.78, 5) is 13.5. The molecule has 5 nitrogen and oxygen atoms in total. The maximum absolute atomic E-state index is 4.40. The third-order valence-electron chi connectivity index (χ3n) is 3.49. The van der Waals surface area contributed by atoms with Crippen LogP contribution in [-0.4, -0.2) is 54.1 Å². The number of nitrogens with one attached hydrogen (secondary N) is 1. The summed E-state index contributed by atoms with van der Waals surface area (Å²) in [6.07, 6.45) is 1.66. The molecule has 0 bridgehead atoms. The van der Waals surface area contributed by atoms with Gasteiger partial charge in [0, 0.05) is 38.8 Å². The number of anilines is 2. The number of aromatic nitrogens is 2. The molecule has 0 aromatic carbocycles. The zero-order valence-corrected chi connectivity index (χ0v) is 12.3. The van der Waals surface area contributed by atoms with Gasteiger partial charge in [-0.1, -0.05) is 20.8 Å². The Bertz CT molecular complexity index is 385. The zero-order valence-electron chi connectivity index (χ0n) is 12.3. The van der Waals surface area contributed by atoms with Crippen LogP contribution in [0.1, 0.15) is 20.8 Å². The molecule has 1 aromatic heterocycles. The molecule has 106 valence electrons. The summed E-state index contributed by atoms with van der Waals surface area (Å²) in [5, 5.41) is 3.36. The normalized spacial score (nSPS) is 16.9. The van der Waals surface area contributed by atoms with Crippen molar-refractivity contribution < 1.29 is 0 Å². The highest BCUT2D eigenvalue weighted by Gasteiger charge is 2.17. The van der Waals surface area contributed by atoms with Crippen molar-refractivity contribution in [2.75, 3.05) is 49.5 Å². The molecular weight excluding hydrogens is 238 g/mol. The topological polar surface area (TPSA) is 44.3 Å². The van der Waals surface area contributed by atoms with Gasteiger partial charge < -0.3 is 15.1 Å².